The highest BCUT2D eigenvalue weighted by Crippen LogP contribution is 2.49. The molecule has 0 spiro atoms. The van der Waals surface area contributed by atoms with Crippen LogP contribution in [-0.4, -0.2) is 22.9 Å². The number of rotatable bonds is 1. The van der Waals surface area contributed by atoms with E-state index in [0.717, 1.165) is 30.5 Å². The van der Waals surface area contributed by atoms with Crippen LogP contribution < -0.4 is 4.74 Å². The van der Waals surface area contributed by atoms with Gasteiger partial charge in [-0.25, -0.2) is 9.97 Å². The second kappa shape index (κ2) is 4.04. The molecule has 96 valence electrons. The van der Waals surface area contributed by atoms with Gasteiger partial charge >= 0.3 is 0 Å². The van der Waals surface area contributed by atoms with Gasteiger partial charge in [0, 0.05) is 23.8 Å². The molecule has 4 heteroatoms. The zero-order valence-electron chi connectivity index (χ0n) is 10.9. The first-order chi connectivity index (χ1) is 8.65. The Labute approximate surface area is 107 Å². The lowest BCUT2D eigenvalue weighted by Crippen LogP contribution is -2.42. The van der Waals surface area contributed by atoms with Crippen LogP contribution in [-0.2, 0) is 16.6 Å². The van der Waals surface area contributed by atoms with Gasteiger partial charge in [0.15, 0.2) is 0 Å². The molecule has 18 heavy (non-hydrogen) atoms. The van der Waals surface area contributed by atoms with Crippen LogP contribution in [0.5, 0.6) is 5.88 Å². The number of ether oxygens (including phenoxy) is 1. The van der Waals surface area contributed by atoms with Crippen molar-refractivity contribution in [3.8, 4) is 5.88 Å². The maximum absolute atomic E-state index is 11.6. The van der Waals surface area contributed by atoms with E-state index in [9.17, 15) is 4.79 Å². The molecule has 2 unspecified atom stereocenters. The van der Waals surface area contributed by atoms with E-state index in [1.165, 1.54) is 0 Å². The summed E-state index contributed by atoms with van der Waals surface area (Å²) < 4.78 is 5.34. The summed E-state index contributed by atoms with van der Waals surface area (Å²) in [4.78, 5) is 20.3. The number of carbonyl (C=O) groups excluding carboxylic acids is 1. The zero-order chi connectivity index (χ0) is 12.8. The molecule has 1 heterocycles. The Kier molecular flexibility index (Phi) is 2.61. The number of hydrogen-bond donors (Lipinski definition) is 0. The lowest BCUT2D eigenvalue weighted by Gasteiger charge is -2.44. The Bertz CT molecular complexity index is 501. The predicted octanol–water partition coefficient (Wildman–Crippen LogP) is 2.06. The molecule has 0 saturated heterocycles. The van der Waals surface area contributed by atoms with Crippen molar-refractivity contribution in [2.24, 2.45) is 5.92 Å². The average molecular weight is 246 g/mol. The topological polar surface area (TPSA) is 52.1 Å². The Morgan fingerprint density at radius 2 is 2.22 bits per heavy atom. The molecule has 2 aliphatic rings. The van der Waals surface area contributed by atoms with Gasteiger partial charge in [-0.2, -0.15) is 0 Å². The van der Waals surface area contributed by atoms with Crippen molar-refractivity contribution in [3.05, 3.63) is 17.6 Å². The summed E-state index contributed by atoms with van der Waals surface area (Å²) in [5.74, 6) is 1.55. The van der Waals surface area contributed by atoms with Gasteiger partial charge in [-0.3, -0.25) is 4.79 Å². The highest BCUT2D eigenvalue weighted by molar-refractivity contribution is 5.80. The maximum atomic E-state index is 11.6. The van der Waals surface area contributed by atoms with Gasteiger partial charge in [-0.1, -0.05) is 6.92 Å². The van der Waals surface area contributed by atoms with Crippen LogP contribution in [0.4, 0.5) is 0 Å². The fourth-order valence-corrected chi connectivity index (χ4v) is 3.55. The molecule has 1 aromatic heterocycles. The fourth-order valence-electron chi connectivity index (χ4n) is 3.55. The molecule has 0 aliphatic heterocycles. The third kappa shape index (κ3) is 1.55. The van der Waals surface area contributed by atoms with E-state index in [2.05, 4.69) is 16.9 Å². The molecule has 4 nitrogen and oxygen atoms in total. The first-order valence-corrected chi connectivity index (χ1v) is 6.55. The van der Waals surface area contributed by atoms with E-state index in [1.54, 1.807) is 13.4 Å². The summed E-state index contributed by atoms with van der Waals surface area (Å²) in [7, 11) is 1.65. The highest BCUT2D eigenvalue weighted by atomic mass is 16.5. The van der Waals surface area contributed by atoms with Crippen LogP contribution in [0.25, 0.3) is 0 Å². The molecule has 0 amide bonds. The Hall–Kier alpha value is -1.45. The van der Waals surface area contributed by atoms with Gasteiger partial charge < -0.3 is 4.74 Å². The SMILES string of the molecule is COc1ncnc2c1CCC1CC(=O)CCC21C. The summed E-state index contributed by atoms with van der Waals surface area (Å²) in [6, 6.07) is 0. The molecule has 0 aromatic carbocycles. The molecule has 0 bridgehead atoms. The van der Waals surface area contributed by atoms with E-state index >= 15 is 0 Å². The lowest BCUT2D eigenvalue weighted by atomic mass is 9.60. The van der Waals surface area contributed by atoms with Gasteiger partial charge in [0.25, 0.3) is 0 Å². The standard InChI is InChI=1S/C14H18N2O2/c1-14-6-5-10(17)7-9(14)3-4-11-12(14)15-8-16-13(11)18-2/h8-9H,3-7H2,1-2H3. The number of fused-ring (bicyclic) bond motifs is 3. The van der Waals surface area contributed by atoms with E-state index in [0.29, 0.717) is 30.4 Å². The van der Waals surface area contributed by atoms with E-state index in [1.807, 2.05) is 0 Å². The molecule has 0 radical (unpaired) electrons. The molecule has 1 aromatic rings. The summed E-state index contributed by atoms with van der Waals surface area (Å²) >= 11 is 0. The first-order valence-electron chi connectivity index (χ1n) is 6.55. The lowest BCUT2D eigenvalue weighted by molar-refractivity contribution is -0.123. The summed E-state index contributed by atoms with van der Waals surface area (Å²) in [5.41, 5.74) is 2.28. The molecular weight excluding hydrogens is 228 g/mol. The number of Topliss-reactive ketones (excluding diaryl/α,β-unsaturated/α-hetero) is 1. The molecular formula is C14H18N2O2. The minimum atomic E-state index is 0.0255. The van der Waals surface area contributed by atoms with Gasteiger partial charge in [0.1, 0.15) is 12.1 Å². The van der Waals surface area contributed by atoms with Crippen molar-refractivity contribution >= 4 is 5.78 Å². The van der Waals surface area contributed by atoms with Gasteiger partial charge in [0.2, 0.25) is 5.88 Å². The smallest absolute Gasteiger partial charge is 0.219 e. The van der Waals surface area contributed by atoms with E-state index < -0.39 is 0 Å². The number of carbonyl (C=O) groups is 1. The molecule has 1 fully saturated rings. The van der Waals surface area contributed by atoms with E-state index in [-0.39, 0.29) is 5.41 Å². The summed E-state index contributed by atoms with van der Waals surface area (Å²) in [6.07, 6.45) is 5.85. The van der Waals surface area contributed by atoms with Crippen LogP contribution in [0, 0.1) is 5.92 Å². The van der Waals surface area contributed by atoms with Crippen LogP contribution in [0.1, 0.15) is 43.9 Å². The van der Waals surface area contributed by atoms with Gasteiger partial charge in [0.05, 0.1) is 12.8 Å². The van der Waals surface area contributed by atoms with Crippen LogP contribution in [0.15, 0.2) is 6.33 Å². The quantitative estimate of drug-likeness (QED) is 0.761. The number of hydrogen-bond acceptors (Lipinski definition) is 4. The predicted molar refractivity (Wildman–Crippen MR) is 66.6 cm³/mol. The minimum absolute atomic E-state index is 0.0255. The number of methoxy groups -OCH3 is 1. The zero-order valence-corrected chi connectivity index (χ0v) is 10.9. The van der Waals surface area contributed by atoms with Crippen molar-refractivity contribution in [3.63, 3.8) is 0 Å². The largest absolute Gasteiger partial charge is 0.481 e. The summed E-state index contributed by atoms with van der Waals surface area (Å²) in [5, 5.41) is 0. The van der Waals surface area contributed by atoms with Crippen molar-refractivity contribution in [2.45, 2.75) is 44.4 Å². The van der Waals surface area contributed by atoms with E-state index in [4.69, 9.17) is 4.74 Å². The molecule has 0 N–H and O–H groups in total. The summed E-state index contributed by atoms with van der Waals surface area (Å²) in [6.45, 7) is 2.24. The molecule has 2 aliphatic carbocycles. The average Bonchev–Trinajstić information content (AvgIpc) is 2.39. The molecule has 1 saturated carbocycles. The number of ketones is 1. The van der Waals surface area contributed by atoms with Crippen molar-refractivity contribution in [2.75, 3.05) is 7.11 Å². The first kappa shape index (κ1) is 11.6. The fraction of sp³-hybridized carbons (Fsp3) is 0.643. The van der Waals surface area contributed by atoms with Crippen LogP contribution in [0.3, 0.4) is 0 Å². The second-order valence-corrected chi connectivity index (χ2v) is 5.61. The third-order valence-electron chi connectivity index (χ3n) is 4.68. The minimum Gasteiger partial charge on any atom is -0.481 e. The van der Waals surface area contributed by atoms with Crippen LogP contribution >= 0.6 is 0 Å². The Morgan fingerprint density at radius 1 is 1.39 bits per heavy atom. The molecule has 2 atom stereocenters. The third-order valence-corrected chi connectivity index (χ3v) is 4.68. The Balaban J connectivity index is 2.09. The highest BCUT2D eigenvalue weighted by Gasteiger charge is 2.46. The second-order valence-electron chi connectivity index (χ2n) is 5.61. The number of aromatic nitrogens is 2. The van der Waals surface area contributed by atoms with Crippen molar-refractivity contribution < 1.29 is 9.53 Å². The van der Waals surface area contributed by atoms with Crippen molar-refractivity contribution in [1.82, 2.24) is 9.97 Å². The van der Waals surface area contributed by atoms with Crippen molar-refractivity contribution in [1.29, 1.82) is 0 Å². The molecule has 3 rings (SSSR count). The Morgan fingerprint density at radius 3 is 3.00 bits per heavy atom. The normalized spacial score (nSPS) is 30.6. The maximum Gasteiger partial charge on any atom is 0.219 e. The van der Waals surface area contributed by atoms with Gasteiger partial charge in [-0.05, 0) is 25.2 Å². The number of nitrogens with zero attached hydrogens (tertiary/aromatic N) is 2. The monoisotopic (exact) mass is 246 g/mol. The van der Waals surface area contributed by atoms with Gasteiger partial charge in [-0.15, -0.1) is 0 Å². The van der Waals surface area contributed by atoms with Crippen LogP contribution in [0.2, 0.25) is 0 Å².